The number of amides is 1. The number of hydrogen-bond donors (Lipinski definition) is 2. The van der Waals surface area contributed by atoms with Crippen LogP contribution >= 0.6 is 23.2 Å². The van der Waals surface area contributed by atoms with E-state index in [1.54, 1.807) is 50.8 Å². The first kappa shape index (κ1) is 30.4. The topological polar surface area (TPSA) is 104 Å². The van der Waals surface area contributed by atoms with Crippen molar-refractivity contribution in [1.82, 2.24) is 9.62 Å². The zero-order chi connectivity index (χ0) is 28.5. The van der Waals surface area contributed by atoms with E-state index in [4.69, 9.17) is 23.2 Å². The summed E-state index contributed by atoms with van der Waals surface area (Å²) < 4.78 is 26.9. The highest BCUT2D eigenvalue weighted by molar-refractivity contribution is 7.90. The minimum absolute atomic E-state index is 0.134. The highest BCUT2D eigenvalue weighted by Crippen LogP contribution is 2.52. The molecule has 208 valence electrons. The molecule has 0 saturated carbocycles. The van der Waals surface area contributed by atoms with Gasteiger partial charge in [-0.1, -0.05) is 54.4 Å². The average molecular weight is 584 g/mol. The number of hydrogen-bond acceptors (Lipinski definition) is 4. The molecule has 1 fully saturated rings. The van der Waals surface area contributed by atoms with Crippen molar-refractivity contribution in [2.45, 2.75) is 76.6 Å². The van der Waals surface area contributed by atoms with Gasteiger partial charge in [-0.25, -0.2) is 13.1 Å². The number of nitrogens with one attached hydrogen (secondary N) is 1. The summed E-state index contributed by atoms with van der Waals surface area (Å²) in [4.78, 5) is 27.7. The Balaban J connectivity index is 2.08. The predicted octanol–water partition coefficient (Wildman–Crippen LogP) is 6.03. The molecular formula is C28H36Cl2N2O5S. The first-order chi connectivity index (χ1) is 17.6. The van der Waals surface area contributed by atoms with E-state index >= 15 is 0 Å². The number of sulfonamides is 1. The highest BCUT2D eigenvalue weighted by atomic mass is 35.5. The van der Waals surface area contributed by atoms with Crippen LogP contribution in [0.4, 0.5) is 0 Å². The van der Waals surface area contributed by atoms with Crippen molar-refractivity contribution < 1.29 is 23.1 Å². The lowest BCUT2D eigenvalue weighted by molar-refractivity contribution is -0.160. The number of nitrogens with zero attached hydrogens (tertiary/aromatic N) is 1. The van der Waals surface area contributed by atoms with E-state index < -0.39 is 38.2 Å². The van der Waals surface area contributed by atoms with Gasteiger partial charge in [-0.2, -0.15) is 0 Å². The molecule has 0 aromatic heterocycles. The van der Waals surface area contributed by atoms with Gasteiger partial charge >= 0.3 is 5.97 Å². The number of carbonyl (C=O) groups excluding carboxylic acids is 1. The molecule has 0 radical (unpaired) electrons. The van der Waals surface area contributed by atoms with Crippen LogP contribution in [0.3, 0.4) is 0 Å². The van der Waals surface area contributed by atoms with Crippen molar-refractivity contribution in [2.24, 2.45) is 5.41 Å². The number of halogens is 2. The number of rotatable bonds is 9. The lowest BCUT2D eigenvalue weighted by atomic mass is 9.67. The Morgan fingerprint density at radius 2 is 1.76 bits per heavy atom. The van der Waals surface area contributed by atoms with Crippen LogP contribution in [0.2, 0.25) is 10.0 Å². The molecule has 0 unspecified atom stereocenters. The normalized spacial score (nSPS) is 23.3. The SMILES string of the molecule is C[C@@H](CCNS(=O)(=O)C(C)(C)C)N1C(=O)[C@@](C)(CC(=O)O)C[C@H](c2cccc(Cl)c2)[C@H]1c1ccc(Cl)cc1. The van der Waals surface area contributed by atoms with Gasteiger partial charge in [0.15, 0.2) is 0 Å². The van der Waals surface area contributed by atoms with Gasteiger partial charge in [0.05, 0.1) is 22.6 Å². The van der Waals surface area contributed by atoms with Gasteiger partial charge in [-0.3, -0.25) is 9.59 Å². The molecule has 1 saturated heterocycles. The van der Waals surface area contributed by atoms with Crippen LogP contribution in [-0.2, 0) is 19.6 Å². The van der Waals surface area contributed by atoms with Crippen molar-refractivity contribution in [1.29, 1.82) is 0 Å². The van der Waals surface area contributed by atoms with Gasteiger partial charge in [-0.15, -0.1) is 0 Å². The molecule has 3 rings (SSSR count). The second-order valence-corrected chi connectivity index (χ2v) is 14.7. The summed E-state index contributed by atoms with van der Waals surface area (Å²) in [5, 5.41) is 10.8. The second kappa shape index (κ2) is 11.5. The first-order valence-electron chi connectivity index (χ1n) is 12.6. The molecule has 1 amide bonds. The highest BCUT2D eigenvalue weighted by Gasteiger charge is 2.51. The Bertz CT molecular complexity index is 1280. The molecule has 2 N–H and O–H groups in total. The second-order valence-electron chi connectivity index (χ2n) is 11.4. The maximum Gasteiger partial charge on any atom is 0.304 e. The molecule has 10 heteroatoms. The van der Waals surface area contributed by atoms with E-state index in [-0.39, 0.29) is 24.8 Å². The van der Waals surface area contributed by atoms with Crippen LogP contribution in [0.25, 0.3) is 0 Å². The molecule has 1 aliphatic rings. The van der Waals surface area contributed by atoms with Crippen LogP contribution < -0.4 is 4.72 Å². The maximum atomic E-state index is 14.1. The molecule has 1 aliphatic heterocycles. The first-order valence-corrected chi connectivity index (χ1v) is 14.8. The number of benzene rings is 2. The molecule has 38 heavy (non-hydrogen) atoms. The zero-order valence-electron chi connectivity index (χ0n) is 22.4. The molecule has 2 aromatic carbocycles. The summed E-state index contributed by atoms with van der Waals surface area (Å²) in [7, 11) is -3.57. The Morgan fingerprint density at radius 3 is 2.32 bits per heavy atom. The summed E-state index contributed by atoms with van der Waals surface area (Å²) in [5.74, 6) is -1.59. The van der Waals surface area contributed by atoms with Gasteiger partial charge in [0, 0.05) is 28.5 Å². The monoisotopic (exact) mass is 582 g/mol. The lowest BCUT2D eigenvalue weighted by Gasteiger charge is -2.51. The van der Waals surface area contributed by atoms with E-state index in [9.17, 15) is 23.1 Å². The fourth-order valence-electron chi connectivity index (χ4n) is 5.12. The summed E-state index contributed by atoms with van der Waals surface area (Å²) in [6, 6.07) is 13.9. The lowest BCUT2D eigenvalue weighted by Crippen LogP contribution is -2.56. The Kier molecular flexibility index (Phi) is 9.24. The van der Waals surface area contributed by atoms with E-state index in [1.165, 1.54) is 0 Å². The van der Waals surface area contributed by atoms with Crippen molar-refractivity contribution in [3.05, 3.63) is 69.7 Å². The summed E-state index contributed by atoms with van der Waals surface area (Å²) in [5.41, 5.74) is 0.584. The molecule has 0 spiro atoms. The van der Waals surface area contributed by atoms with E-state index in [2.05, 4.69) is 4.72 Å². The van der Waals surface area contributed by atoms with Gasteiger partial charge in [0.25, 0.3) is 0 Å². The summed E-state index contributed by atoms with van der Waals surface area (Å²) in [6.45, 7) is 8.56. The molecule has 7 nitrogen and oxygen atoms in total. The standard InChI is InChI=1S/C28H36Cl2N2O5S/c1-18(13-14-31-38(36,37)27(2,3)4)32-25(19-9-11-21(29)12-10-19)23(20-7-6-8-22(30)15-20)16-28(5,26(32)35)17-24(33)34/h6-12,15,18,23,25,31H,13-14,16-17H2,1-5H3,(H,33,34)/t18-,23+,25+,28+/m0/s1. The molecule has 1 heterocycles. The van der Waals surface area contributed by atoms with Crippen molar-refractivity contribution >= 4 is 45.1 Å². The number of carboxylic acid groups (broad SMARTS) is 1. The van der Waals surface area contributed by atoms with Gasteiger partial charge in [0.1, 0.15) is 0 Å². The van der Waals surface area contributed by atoms with E-state index in [1.807, 2.05) is 37.3 Å². The quantitative estimate of drug-likeness (QED) is 0.375. The largest absolute Gasteiger partial charge is 0.481 e. The number of carbonyl (C=O) groups is 2. The zero-order valence-corrected chi connectivity index (χ0v) is 24.7. The third kappa shape index (κ3) is 6.71. The Morgan fingerprint density at radius 1 is 1.13 bits per heavy atom. The molecular weight excluding hydrogens is 547 g/mol. The Labute approximate surface area is 235 Å². The number of carboxylic acids is 1. The maximum absolute atomic E-state index is 14.1. The van der Waals surface area contributed by atoms with E-state index in [0.29, 0.717) is 22.9 Å². The molecule has 2 aromatic rings. The van der Waals surface area contributed by atoms with Crippen molar-refractivity contribution in [3.8, 4) is 0 Å². The van der Waals surface area contributed by atoms with Crippen LogP contribution in [0.1, 0.15) is 77.0 Å². The number of likely N-dealkylation sites (tertiary alicyclic amines) is 1. The van der Waals surface area contributed by atoms with Crippen LogP contribution in [0.5, 0.6) is 0 Å². The summed E-state index contributed by atoms with van der Waals surface area (Å²) >= 11 is 12.5. The smallest absolute Gasteiger partial charge is 0.304 e. The summed E-state index contributed by atoms with van der Waals surface area (Å²) in [6.07, 6.45) is 0.332. The van der Waals surface area contributed by atoms with Crippen LogP contribution in [0.15, 0.2) is 48.5 Å². The number of piperidine rings is 1. The van der Waals surface area contributed by atoms with E-state index in [0.717, 1.165) is 11.1 Å². The minimum Gasteiger partial charge on any atom is -0.481 e. The fraction of sp³-hybridized carbons (Fsp3) is 0.500. The van der Waals surface area contributed by atoms with Gasteiger partial charge in [0.2, 0.25) is 15.9 Å². The third-order valence-electron chi connectivity index (χ3n) is 7.27. The molecule has 0 bridgehead atoms. The third-order valence-corrected chi connectivity index (χ3v) is 9.95. The van der Waals surface area contributed by atoms with Crippen LogP contribution in [-0.4, -0.2) is 47.6 Å². The molecule has 4 atom stereocenters. The molecule has 0 aliphatic carbocycles. The average Bonchev–Trinajstić information content (AvgIpc) is 2.79. The van der Waals surface area contributed by atoms with Crippen molar-refractivity contribution in [3.63, 3.8) is 0 Å². The fourth-order valence-corrected chi connectivity index (χ4v) is 6.26. The minimum atomic E-state index is -3.57. The van der Waals surface area contributed by atoms with Gasteiger partial charge < -0.3 is 10.0 Å². The van der Waals surface area contributed by atoms with Crippen LogP contribution in [0, 0.1) is 5.41 Å². The van der Waals surface area contributed by atoms with Gasteiger partial charge in [-0.05, 0) is 75.9 Å². The number of aliphatic carboxylic acids is 1. The Hall–Kier alpha value is -2.13. The predicted molar refractivity (Wildman–Crippen MR) is 151 cm³/mol. The van der Waals surface area contributed by atoms with Crippen molar-refractivity contribution in [2.75, 3.05) is 6.54 Å².